The van der Waals surface area contributed by atoms with Gasteiger partial charge in [0.25, 0.3) is 0 Å². The highest BCUT2D eigenvalue weighted by Gasteiger charge is 2.36. The van der Waals surface area contributed by atoms with Gasteiger partial charge in [-0.05, 0) is 29.6 Å². The van der Waals surface area contributed by atoms with Crippen molar-refractivity contribution in [3.63, 3.8) is 0 Å². The Hall–Kier alpha value is -2.25. The first-order valence-corrected chi connectivity index (χ1v) is 8.50. The van der Waals surface area contributed by atoms with Crippen molar-refractivity contribution >= 4 is 34.5 Å². The maximum absolute atomic E-state index is 14.0. The third-order valence-corrected chi connectivity index (χ3v) is 4.96. The lowest BCUT2D eigenvalue weighted by Crippen LogP contribution is -2.25. The quantitative estimate of drug-likeness (QED) is 0.702. The number of amides is 1. The number of nitrogens with zero attached hydrogens (tertiary/aromatic N) is 3. The number of hydrogen-bond donors (Lipinski definition) is 0. The normalized spacial score (nSPS) is 17.7. The van der Waals surface area contributed by atoms with Crippen LogP contribution in [0.15, 0.2) is 40.2 Å². The van der Waals surface area contributed by atoms with Crippen LogP contribution in [0.2, 0.25) is 5.02 Å². The van der Waals surface area contributed by atoms with E-state index in [1.54, 1.807) is 0 Å². The summed E-state index contributed by atoms with van der Waals surface area (Å²) in [6.07, 6.45) is 0.192. The van der Waals surface area contributed by atoms with Gasteiger partial charge in [-0.2, -0.15) is 4.98 Å². The summed E-state index contributed by atoms with van der Waals surface area (Å²) in [5.74, 6) is -0.0659. The highest BCUT2D eigenvalue weighted by atomic mass is 35.5. The Morgan fingerprint density at radius 2 is 2.25 bits per heavy atom. The van der Waals surface area contributed by atoms with E-state index in [1.165, 1.54) is 34.4 Å². The lowest BCUT2D eigenvalue weighted by Gasteiger charge is -2.17. The number of halogens is 2. The van der Waals surface area contributed by atoms with Gasteiger partial charge in [-0.1, -0.05) is 22.8 Å². The van der Waals surface area contributed by atoms with Crippen LogP contribution in [0.25, 0.3) is 10.7 Å². The molecule has 1 aromatic carbocycles. The summed E-state index contributed by atoms with van der Waals surface area (Å²) in [6.45, 7) is 0.280. The van der Waals surface area contributed by atoms with Crippen molar-refractivity contribution in [2.75, 3.05) is 11.4 Å². The zero-order chi connectivity index (χ0) is 16.7. The molecule has 4 rings (SSSR count). The van der Waals surface area contributed by atoms with E-state index in [-0.39, 0.29) is 30.5 Å². The molecule has 0 bridgehead atoms. The minimum atomic E-state index is -0.488. The van der Waals surface area contributed by atoms with Crippen molar-refractivity contribution < 1.29 is 13.7 Å². The summed E-state index contributed by atoms with van der Waals surface area (Å²) in [6, 6.07) is 7.94. The molecule has 0 spiro atoms. The fourth-order valence-electron chi connectivity index (χ4n) is 2.71. The van der Waals surface area contributed by atoms with Crippen molar-refractivity contribution in [2.45, 2.75) is 12.3 Å². The number of carbonyl (C=O) groups excluding carboxylic acids is 1. The van der Waals surface area contributed by atoms with Crippen molar-refractivity contribution in [1.82, 2.24) is 10.1 Å². The van der Waals surface area contributed by atoms with Gasteiger partial charge in [0.15, 0.2) is 0 Å². The van der Waals surface area contributed by atoms with Crippen molar-refractivity contribution in [1.29, 1.82) is 0 Å². The molecule has 1 aliphatic rings. The van der Waals surface area contributed by atoms with Gasteiger partial charge < -0.3 is 9.42 Å². The van der Waals surface area contributed by atoms with Crippen LogP contribution in [-0.4, -0.2) is 22.6 Å². The molecule has 1 saturated heterocycles. The van der Waals surface area contributed by atoms with Crippen LogP contribution in [0.5, 0.6) is 0 Å². The average molecular weight is 364 g/mol. The summed E-state index contributed by atoms with van der Waals surface area (Å²) in [5, 5.41) is 6.26. The Kier molecular flexibility index (Phi) is 3.82. The Bertz CT molecular complexity index is 897. The second kappa shape index (κ2) is 5.99. The summed E-state index contributed by atoms with van der Waals surface area (Å²) in [4.78, 5) is 18.9. The molecule has 122 valence electrons. The van der Waals surface area contributed by atoms with Crippen LogP contribution in [0.4, 0.5) is 10.1 Å². The van der Waals surface area contributed by atoms with E-state index in [1.807, 2.05) is 17.5 Å². The first-order chi connectivity index (χ1) is 11.6. The molecule has 1 atom stereocenters. The third-order valence-electron chi connectivity index (χ3n) is 3.86. The number of rotatable bonds is 3. The molecule has 1 aliphatic heterocycles. The lowest BCUT2D eigenvalue weighted by molar-refractivity contribution is -0.117. The van der Waals surface area contributed by atoms with E-state index in [2.05, 4.69) is 10.1 Å². The standard InChI is InChI=1S/C16H11ClFN3O2S/c17-10-3-4-11(18)12(7-10)21-8-9(6-14(21)22)16-19-15(20-23-16)13-2-1-5-24-13/h1-5,7,9H,6,8H2. The summed E-state index contributed by atoms with van der Waals surface area (Å²) >= 11 is 7.42. The number of anilines is 1. The van der Waals surface area contributed by atoms with Gasteiger partial charge in [0.1, 0.15) is 5.82 Å². The predicted molar refractivity (Wildman–Crippen MR) is 88.7 cm³/mol. The van der Waals surface area contributed by atoms with Crippen LogP contribution >= 0.6 is 22.9 Å². The number of thiophene rings is 1. The van der Waals surface area contributed by atoms with E-state index in [9.17, 15) is 9.18 Å². The molecule has 1 amide bonds. The SMILES string of the molecule is O=C1CC(c2nc(-c3cccs3)no2)CN1c1cc(Cl)ccc1F. The Morgan fingerprint density at radius 3 is 3.04 bits per heavy atom. The van der Waals surface area contributed by atoms with Crippen molar-refractivity contribution in [3.8, 4) is 10.7 Å². The van der Waals surface area contributed by atoms with Gasteiger partial charge in [0, 0.05) is 18.0 Å². The maximum atomic E-state index is 14.0. The van der Waals surface area contributed by atoms with Gasteiger partial charge in [-0.3, -0.25) is 4.79 Å². The Balaban J connectivity index is 1.59. The van der Waals surface area contributed by atoms with Crippen LogP contribution in [0.3, 0.4) is 0 Å². The van der Waals surface area contributed by atoms with E-state index in [0.29, 0.717) is 16.7 Å². The zero-order valence-corrected chi connectivity index (χ0v) is 13.9. The number of carbonyl (C=O) groups is 1. The molecule has 0 aliphatic carbocycles. The summed E-state index contributed by atoms with van der Waals surface area (Å²) in [5.41, 5.74) is 0.174. The second-order valence-electron chi connectivity index (χ2n) is 5.43. The second-order valence-corrected chi connectivity index (χ2v) is 6.82. The lowest BCUT2D eigenvalue weighted by atomic mass is 10.1. The van der Waals surface area contributed by atoms with E-state index in [0.717, 1.165) is 4.88 Å². The molecule has 3 heterocycles. The van der Waals surface area contributed by atoms with Crippen LogP contribution in [0, 0.1) is 5.82 Å². The molecular formula is C16H11ClFN3O2S. The third kappa shape index (κ3) is 2.70. The monoisotopic (exact) mass is 363 g/mol. The molecule has 1 unspecified atom stereocenters. The van der Waals surface area contributed by atoms with Crippen molar-refractivity contribution in [3.05, 3.63) is 52.4 Å². The van der Waals surface area contributed by atoms with Gasteiger partial charge in [-0.25, -0.2) is 4.39 Å². The molecule has 24 heavy (non-hydrogen) atoms. The van der Waals surface area contributed by atoms with Crippen LogP contribution < -0.4 is 4.90 Å². The fourth-order valence-corrected chi connectivity index (χ4v) is 3.52. The van der Waals surface area contributed by atoms with E-state index < -0.39 is 5.82 Å². The highest BCUT2D eigenvalue weighted by molar-refractivity contribution is 7.13. The molecule has 8 heteroatoms. The molecule has 1 fully saturated rings. The van der Waals surface area contributed by atoms with Crippen molar-refractivity contribution in [2.24, 2.45) is 0 Å². The molecule has 2 aromatic heterocycles. The summed E-state index contributed by atoms with van der Waals surface area (Å²) in [7, 11) is 0. The minimum Gasteiger partial charge on any atom is -0.339 e. The number of aromatic nitrogens is 2. The molecular weight excluding hydrogens is 353 g/mol. The van der Waals surface area contributed by atoms with Gasteiger partial charge in [0.05, 0.1) is 16.5 Å². The highest BCUT2D eigenvalue weighted by Crippen LogP contribution is 2.34. The number of benzene rings is 1. The first kappa shape index (κ1) is 15.3. The van der Waals surface area contributed by atoms with E-state index in [4.69, 9.17) is 16.1 Å². The largest absolute Gasteiger partial charge is 0.339 e. The molecule has 3 aromatic rings. The van der Waals surface area contributed by atoms with Gasteiger partial charge >= 0.3 is 0 Å². The van der Waals surface area contributed by atoms with Gasteiger partial charge in [0.2, 0.25) is 17.6 Å². The van der Waals surface area contributed by atoms with Crippen LogP contribution in [0.1, 0.15) is 18.2 Å². The molecule has 0 N–H and O–H groups in total. The Labute approximate surface area is 145 Å². The predicted octanol–water partition coefficient (Wildman–Crippen LogP) is 4.11. The first-order valence-electron chi connectivity index (χ1n) is 7.24. The maximum Gasteiger partial charge on any atom is 0.232 e. The molecule has 0 saturated carbocycles. The van der Waals surface area contributed by atoms with Gasteiger partial charge in [-0.15, -0.1) is 11.3 Å². The summed E-state index contributed by atoms with van der Waals surface area (Å²) < 4.78 is 19.3. The zero-order valence-electron chi connectivity index (χ0n) is 12.3. The topological polar surface area (TPSA) is 59.2 Å². The average Bonchev–Trinajstić information content (AvgIpc) is 3.28. The number of hydrogen-bond acceptors (Lipinski definition) is 5. The van der Waals surface area contributed by atoms with E-state index >= 15 is 0 Å². The molecule has 5 nitrogen and oxygen atoms in total. The fraction of sp³-hybridized carbons (Fsp3) is 0.188. The van der Waals surface area contributed by atoms with Crippen LogP contribution in [-0.2, 0) is 4.79 Å². The smallest absolute Gasteiger partial charge is 0.232 e. The minimum absolute atomic E-state index is 0.174. The Morgan fingerprint density at radius 1 is 1.38 bits per heavy atom. The molecule has 0 radical (unpaired) electrons.